The molecular weight excluding hydrogens is 340 g/mol. The van der Waals surface area contributed by atoms with Gasteiger partial charge in [-0.25, -0.2) is 4.99 Å². The first-order valence-electron chi connectivity index (χ1n) is 9.34. The Morgan fingerprint density at radius 2 is 2.00 bits per heavy atom. The Bertz CT molecular complexity index is 809. The molecule has 0 saturated carbocycles. The van der Waals surface area contributed by atoms with Crippen LogP contribution in [-0.2, 0) is 24.8 Å². The van der Waals surface area contributed by atoms with E-state index in [1.165, 1.54) is 5.56 Å². The highest BCUT2D eigenvalue weighted by Crippen LogP contribution is 2.13. The molecule has 1 aromatic carbocycles. The van der Waals surface area contributed by atoms with E-state index in [-0.39, 0.29) is 12.5 Å². The number of hydrogen-bond acceptors (Lipinski definition) is 3. The number of hydrogen-bond donors (Lipinski definition) is 3. The number of guanidine groups is 1. The Labute approximate surface area is 161 Å². The van der Waals surface area contributed by atoms with E-state index in [0.717, 1.165) is 35.6 Å². The Morgan fingerprint density at radius 3 is 2.63 bits per heavy atom. The second kappa shape index (κ2) is 9.75. The lowest BCUT2D eigenvalue weighted by Gasteiger charge is -2.12. The van der Waals surface area contributed by atoms with Crippen LogP contribution in [0.5, 0.6) is 0 Å². The molecule has 7 heteroatoms. The number of aryl methyl sites for hydroxylation is 3. The van der Waals surface area contributed by atoms with E-state index in [2.05, 4.69) is 33.0 Å². The first-order chi connectivity index (χ1) is 12.9. The molecule has 0 unspecified atom stereocenters. The summed E-state index contributed by atoms with van der Waals surface area (Å²) in [7, 11) is 1.93. The van der Waals surface area contributed by atoms with Crippen LogP contribution >= 0.6 is 0 Å². The maximum atomic E-state index is 12.2. The van der Waals surface area contributed by atoms with Crippen LogP contribution in [0.1, 0.15) is 36.4 Å². The predicted octanol–water partition coefficient (Wildman–Crippen LogP) is 2.29. The van der Waals surface area contributed by atoms with Crippen LogP contribution in [0.3, 0.4) is 0 Å². The molecule has 0 saturated heterocycles. The van der Waals surface area contributed by atoms with Crippen molar-refractivity contribution in [3.05, 3.63) is 46.8 Å². The molecule has 0 aliphatic rings. The molecule has 0 bridgehead atoms. The summed E-state index contributed by atoms with van der Waals surface area (Å²) in [6.45, 7) is 9.48. The molecule has 1 aromatic heterocycles. The fourth-order valence-electron chi connectivity index (χ4n) is 2.78. The Balaban J connectivity index is 1.95. The van der Waals surface area contributed by atoms with Crippen LogP contribution in [0.25, 0.3) is 0 Å². The standard InChI is InChI=1S/C20H30N6O/c1-6-16-9-8-10-17(11-16)24-19(27)13-23-20(21-7-2)22-12-18-14(3)25-26(5)15(18)4/h8-11H,6-7,12-13H2,1-5H3,(H,24,27)(H2,21,22,23). The van der Waals surface area contributed by atoms with Gasteiger partial charge in [-0.1, -0.05) is 19.1 Å². The average molecular weight is 371 g/mol. The average Bonchev–Trinajstić information content (AvgIpc) is 2.89. The summed E-state index contributed by atoms with van der Waals surface area (Å²) < 4.78 is 1.86. The smallest absolute Gasteiger partial charge is 0.243 e. The zero-order chi connectivity index (χ0) is 19.8. The Kier molecular flexibility index (Phi) is 7.40. The van der Waals surface area contributed by atoms with Gasteiger partial charge in [0.15, 0.2) is 5.96 Å². The van der Waals surface area contributed by atoms with Crippen molar-refractivity contribution >= 4 is 17.6 Å². The zero-order valence-corrected chi connectivity index (χ0v) is 16.9. The van der Waals surface area contributed by atoms with Gasteiger partial charge in [0.2, 0.25) is 5.91 Å². The molecule has 0 spiro atoms. The van der Waals surface area contributed by atoms with Crippen LogP contribution in [0.4, 0.5) is 5.69 Å². The number of amides is 1. The van der Waals surface area contributed by atoms with Crippen molar-refractivity contribution in [2.24, 2.45) is 12.0 Å². The third-order valence-corrected chi connectivity index (χ3v) is 4.43. The third-order valence-electron chi connectivity index (χ3n) is 4.43. The summed E-state index contributed by atoms with van der Waals surface area (Å²) in [6, 6.07) is 7.88. The van der Waals surface area contributed by atoms with Crippen LogP contribution in [0.2, 0.25) is 0 Å². The minimum atomic E-state index is -0.109. The van der Waals surface area contributed by atoms with E-state index in [1.54, 1.807) is 0 Å². The van der Waals surface area contributed by atoms with Crippen molar-refractivity contribution in [2.45, 2.75) is 40.7 Å². The second-order valence-corrected chi connectivity index (χ2v) is 6.42. The minimum absolute atomic E-state index is 0.109. The number of aliphatic imine (C=N–C) groups is 1. The van der Waals surface area contributed by atoms with E-state index in [1.807, 2.05) is 56.8 Å². The zero-order valence-electron chi connectivity index (χ0n) is 16.9. The van der Waals surface area contributed by atoms with Gasteiger partial charge in [-0.3, -0.25) is 9.48 Å². The summed E-state index contributed by atoms with van der Waals surface area (Å²) in [5.74, 6) is 0.500. The van der Waals surface area contributed by atoms with Crippen molar-refractivity contribution in [1.82, 2.24) is 20.4 Å². The molecule has 3 N–H and O–H groups in total. The maximum Gasteiger partial charge on any atom is 0.243 e. The van der Waals surface area contributed by atoms with Gasteiger partial charge in [-0.15, -0.1) is 0 Å². The number of carbonyl (C=O) groups is 1. The molecule has 0 fully saturated rings. The van der Waals surface area contributed by atoms with Gasteiger partial charge in [0, 0.05) is 30.5 Å². The highest BCUT2D eigenvalue weighted by molar-refractivity contribution is 5.95. The molecule has 1 heterocycles. The van der Waals surface area contributed by atoms with Gasteiger partial charge >= 0.3 is 0 Å². The van der Waals surface area contributed by atoms with Crippen molar-refractivity contribution in [3.8, 4) is 0 Å². The fourth-order valence-corrected chi connectivity index (χ4v) is 2.78. The molecule has 2 aromatic rings. The molecule has 27 heavy (non-hydrogen) atoms. The lowest BCUT2D eigenvalue weighted by Crippen LogP contribution is -2.41. The molecule has 0 aliphatic carbocycles. The van der Waals surface area contributed by atoms with Crippen molar-refractivity contribution in [3.63, 3.8) is 0 Å². The number of nitrogens with one attached hydrogen (secondary N) is 3. The summed E-state index contributed by atoms with van der Waals surface area (Å²) in [6.07, 6.45) is 0.937. The van der Waals surface area contributed by atoms with Crippen LogP contribution in [-0.4, -0.2) is 34.7 Å². The van der Waals surface area contributed by atoms with E-state index in [9.17, 15) is 4.79 Å². The molecular formula is C20H30N6O. The molecule has 0 aliphatic heterocycles. The number of anilines is 1. The Morgan fingerprint density at radius 1 is 1.22 bits per heavy atom. The first-order valence-corrected chi connectivity index (χ1v) is 9.34. The van der Waals surface area contributed by atoms with Gasteiger partial charge in [0.05, 0.1) is 18.8 Å². The van der Waals surface area contributed by atoms with E-state index in [0.29, 0.717) is 12.5 Å². The van der Waals surface area contributed by atoms with Crippen molar-refractivity contribution in [1.29, 1.82) is 0 Å². The quantitative estimate of drug-likeness (QED) is 0.516. The normalized spacial score (nSPS) is 11.4. The summed E-state index contributed by atoms with van der Waals surface area (Å²) >= 11 is 0. The van der Waals surface area contributed by atoms with Gasteiger partial charge in [-0.2, -0.15) is 5.10 Å². The predicted molar refractivity (Wildman–Crippen MR) is 110 cm³/mol. The number of benzene rings is 1. The van der Waals surface area contributed by atoms with Crippen LogP contribution < -0.4 is 16.0 Å². The van der Waals surface area contributed by atoms with Crippen LogP contribution in [0, 0.1) is 13.8 Å². The van der Waals surface area contributed by atoms with Crippen molar-refractivity contribution in [2.75, 3.05) is 18.4 Å². The number of aromatic nitrogens is 2. The molecule has 2 rings (SSSR count). The fraction of sp³-hybridized carbons (Fsp3) is 0.450. The largest absolute Gasteiger partial charge is 0.357 e. The van der Waals surface area contributed by atoms with E-state index >= 15 is 0 Å². The van der Waals surface area contributed by atoms with Crippen molar-refractivity contribution < 1.29 is 4.79 Å². The summed E-state index contributed by atoms with van der Waals surface area (Å²) in [4.78, 5) is 16.8. The molecule has 0 radical (unpaired) electrons. The van der Waals surface area contributed by atoms with Gasteiger partial charge in [-0.05, 0) is 44.9 Å². The maximum absolute atomic E-state index is 12.2. The molecule has 0 atom stereocenters. The SMILES string of the molecule is CCNC(=NCc1c(C)nn(C)c1C)NCC(=O)Nc1cccc(CC)c1. The highest BCUT2D eigenvalue weighted by Gasteiger charge is 2.10. The molecule has 1 amide bonds. The number of nitrogens with zero attached hydrogens (tertiary/aromatic N) is 3. The number of carbonyl (C=O) groups excluding carboxylic acids is 1. The number of rotatable bonds is 7. The molecule has 146 valence electrons. The highest BCUT2D eigenvalue weighted by atomic mass is 16.1. The van der Waals surface area contributed by atoms with E-state index in [4.69, 9.17) is 0 Å². The monoisotopic (exact) mass is 370 g/mol. The lowest BCUT2D eigenvalue weighted by molar-refractivity contribution is -0.115. The topological polar surface area (TPSA) is 83.3 Å². The van der Waals surface area contributed by atoms with E-state index < -0.39 is 0 Å². The summed E-state index contributed by atoms with van der Waals surface area (Å²) in [5, 5.41) is 13.6. The molecule has 7 nitrogen and oxygen atoms in total. The summed E-state index contributed by atoms with van der Waals surface area (Å²) in [5.41, 5.74) is 5.18. The van der Waals surface area contributed by atoms with Gasteiger partial charge in [0.1, 0.15) is 0 Å². The van der Waals surface area contributed by atoms with Crippen LogP contribution in [0.15, 0.2) is 29.3 Å². The minimum Gasteiger partial charge on any atom is -0.357 e. The lowest BCUT2D eigenvalue weighted by atomic mass is 10.1. The first kappa shape index (κ1) is 20.5. The second-order valence-electron chi connectivity index (χ2n) is 6.42. The van der Waals surface area contributed by atoms with Gasteiger partial charge in [0.25, 0.3) is 0 Å². The third kappa shape index (κ3) is 5.84. The Hall–Kier alpha value is -2.83. The van der Waals surface area contributed by atoms with Gasteiger partial charge < -0.3 is 16.0 Å².